The Kier molecular flexibility index (Phi) is 4.88. The SMILES string of the molecule is Cc1ccc(S(=O)(=O)Oc2ccc(C(O)C(C)C)cc2)cc1. The zero-order valence-electron chi connectivity index (χ0n) is 12.9. The molecule has 118 valence electrons. The van der Waals surface area contributed by atoms with Crippen molar-refractivity contribution in [2.75, 3.05) is 0 Å². The van der Waals surface area contributed by atoms with Gasteiger partial charge in [-0.15, -0.1) is 0 Å². The van der Waals surface area contributed by atoms with Crippen molar-refractivity contribution >= 4 is 10.1 Å². The lowest BCUT2D eigenvalue weighted by atomic mass is 9.99. The van der Waals surface area contributed by atoms with E-state index in [1.165, 1.54) is 12.1 Å². The molecule has 0 aliphatic rings. The zero-order chi connectivity index (χ0) is 16.3. The van der Waals surface area contributed by atoms with E-state index in [9.17, 15) is 13.5 Å². The first-order valence-electron chi connectivity index (χ1n) is 7.09. The van der Waals surface area contributed by atoms with Crippen LogP contribution in [0.4, 0.5) is 0 Å². The van der Waals surface area contributed by atoms with Crippen LogP contribution in [0.3, 0.4) is 0 Å². The van der Waals surface area contributed by atoms with Gasteiger partial charge in [-0.1, -0.05) is 43.7 Å². The van der Waals surface area contributed by atoms with Gasteiger partial charge >= 0.3 is 10.1 Å². The fourth-order valence-electron chi connectivity index (χ4n) is 1.99. The Balaban J connectivity index is 2.18. The molecule has 0 aliphatic carbocycles. The van der Waals surface area contributed by atoms with Crippen LogP contribution >= 0.6 is 0 Å². The van der Waals surface area contributed by atoms with Crippen molar-refractivity contribution in [2.45, 2.75) is 31.8 Å². The lowest BCUT2D eigenvalue weighted by Gasteiger charge is -2.15. The molecule has 4 nitrogen and oxygen atoms in total. The molecular formula is C17H20O4S. The first-order valence-corrected chi connectivity index (χ1v) is 8.49. The molecule has 0 spiro atoms. The highest BCUT2D eigenvalue weighted by atomic mass is 32.2. The highest BCUT2D eigenvalue weighted by molar-refractivity contribution is 7.87. The van der Waals surface area contributed by atoms with E-state index >= 15 is 0 Å². The minimum Gasteiger partial charge on any atom is -0.388 e. The maximum absolute atomic E-state index is 12.2. The number of hydrogen-bond donors (Lipinski definition) is 1. The summed E-state index contributed by atoms with van der Waals surface area (Å²) in [5, 5.41) is 9.97. The number of aliphatic hydroxyl groups excluding tert-OH is 1. The lowest BCUT2D eigenvalue weighted by molar-refractivity contribution is 0.127. The van der Waals surface area contributed by atoms with Crippen molar-refractivity contribution < 1.29 is 17.7 Å². The Morgan fingerprint density at radius 2 is 1.50 bits per heavy atom. The van der Waals surface area contributed by atoms with E-state index in [2.05, 4.69) is 0 Å². The van der Waals surface area contributed by atoms with E-state index in [-0.39, 0.29) is 16.6 Å². The fraction of sp³-hybridized carbons (Fsp3) is 0.294. The predicted molar refractivity (Wildman–Crippen MR) is 85.2 cm³/mol. The van der Waals surface area contributed by atoms with Gasteiger partial charge in [0.15, 0.2) is 0 Å². The molecular weight excluding hydrogens is 300 g/mol. The van der Waals surface area contributed by atoms with Gasteiger partial charge in [-0.2, -0.15) is 8.42 Å². The molecule has 2 rings (SSSR count). The molecule has 1 N–H and O–H groups in total. The van der Waals surface area contributed by atoms with Crippen molar-refractivity contribution in [1.82, 2.24) is 0 Å². The summed E-state index contributed by atoms with van der Waals surface area (Å²) in [7, 11) is -3.84. The summed E-state index contributed by atoms with van der Waals surface area (Å²) in [6, 6.07) is 12.9. The van der Waals surface area contributed by atoms with Gasteiger partial charge in [0.2, 0.25) is 0 Å². The summed E-state index contributed by atoms with van der Waals surface area (Å²) in [5.74, 6) is 0.309. The summed E-state index contributed by atoms with van der Waals surface area (Å²) in [6.45, 7) is 5.71. The predicted octanol–water partition coefficient (Wildman–Crippen LogP) is 3.45. The van der Waals surface area contributed by atoms with Crippen LogP contribution in [0, 0.1) is 12.8 Å². The molecule has 22 heavy (non-hydrogen) atoms. The molecule has 0 heterocycles. The van der Waals surface area contributed by atoms with Gasteiger partial charge in [0.05, 0.1) is 6.10 Å². The molecule has 0 aromatic heterocycles. The Labute approximate surface area is 131 Å². The monoisotopic (exact) mass is 320 g/mol. The third kappa shape index (κ3) is 3.87. The van der Waals surface area contributed by atoms with E-state index in [4.69, 9.17) is 4.18 Å². The smallest absolute Gasteiger partial charge is 0.339 e. The average molecular weight is 320 g/mol. The molecule has 0 saturated carbocycles. The number of hydrogen-bond acceptors (Lipinski definition) is 4. The number of rotatable bonds is 5. The van der Waals surface area contributed by atoms with Gasteiger partial charge in [0.25, 0.3) is 0 Å². The summed E-state index contributed by atoms with van der Waals surface area (Å²) in [5.41, 5.74) is 1.71. The molecule has 0 radical (unpaired) electrons. The minimum atomic E-state index is -3.84. The van der Waals surface area contributed by atoms with Gasteiger partial charge in [-0.05, 0) is 42.7 Å². The normalized spacial score (nSPS) is 13.1. The molecule has 2 aromatic rings. The first kappa shape index (κ1) is 16.5. The van der Waals surface area contributed by atoms with E-state index < -0.39 is 16.2 Å². The summed E-state index contributed by atoms with van der Waals surface area (Å²) in [6.07, 6.45) is -0.581. The van der Waals surface area contributed by atoms with Crippen LogP contribution in [0.25, 0.3) is 0 Å². The lowest BCUT2D eigenvalue weighted by Crippen LogP contribution is -2.10. The van der Waals surface area contributed by atoms with Crippen molar-refractivity contribution in [3.63, 3.8) is 0 Å². The van der Waals surface area contributed by atoms with Crippen LogP contribution in [0.2, 0.25) is 0 Å². The first-order chi connectivity index (χ1) is 10.3. The van der Waals surface area contributed by atoms with Crippen LogP contribution < -0.4 is 4.18 Å². The van der Waals surface area contributed by atoms with Crippen LogP contribution in [-0.2, 0) is 10.1 Å². The van der Waals surface area contributed by atoms with Gasteiger partial charge in [0, 0.05) is 0 Å². The maximum atomic E-state index is 12.2. The van der Waals surface area contributed by atoms with E-state index in [1.807, 2.05) is 20.8 Å². The van der Waals surface area contributed by atoms with E-state index in [0.717, 1.165) is 11.1 Å². The van der Waals surface area contributed by atoms with Gasteiger partial charge in [-0.3, -0.25) is 0 Å². The van der Waals surface area contributed by atoms with Crippen molar-refractivity contribution in [3.05, 3.63) is 59.7 Å². The molecule has 0 amide bonds. The number of aryl methyl sites for hydroxylation is 1. The quantitative estimate of drug-likeness (QED) is 0.857. The second-order valence-electron chi connectivity index (χ2n) is 5.61. The number of aliphatic hydroxyl groups is 1. The van der Waals surface area contributed by atoms with Gasteiger partial charge < -0.3 is 9.29 Å². The number of benzene rings is 2. The van der Waals surface area contributed by atoms with Crippen LogP contribution in [-0.4, -0.2) is 13.5 Å². The molecule has 0 aliphatic heterocycles. The van der Waals surface area contributed by atoms with E-state index in [1.54, 1.807) is 36.4 Å². The van der Waals surface area contributed by atoms with Crippen LogP contribution in [0.15, 0.2) is 53.4 Å². The van der Waals surface area contributed by atoms with Crippen molar-refractivity contribution in [3.8, 4) is 5.75 Å². The second kappa shape index (κ2) is 6.50. The summed E-state index contributed by atoms with van der Waals surface area (Å²) < 4.78 is 29.5. The standard InChI is InChI=1S/C17H20O4S/c1-12(2)17(18)14-6-8-15(9-7-14)21-22(19,20)16-10-4-13(3)5-11-16/h4-12,17-18H,1-3H3. The van der Waals surface area contributed by atoms with Crippen molar-refractivity contribution in [2.24, 2.45) is 5.92 Å². The molecule has 0 bridgehead atoms. The Hall–Kier alpha value is -1.85. The molecule has 0 saturated heterocycles. The third-order valence-electron chi connectivity index (χ3n) is 3.37. The third-order valence-corrected chi connectivity index (χ3v) is 4.63. The Morgan fingerprint density at radius 1 is 0.955 bits per heavy atom. The Morgan fingerprint density at radius 3 is 2.00 bits per heavy atom. The minimum absolute atomic E-state index is 0.0862. The van der Waals surface area contributed by atoms with Gasteiger partial charge in [0.1, 0.15) is 10.6 Å². The Bertz CT molecular complexity index is 716. The zero-order valence-corrected chi connectivity index (χ0v) is 13.7. The van der Waals surface area contributed by atoms with E-state index in [0.29, 0.717) is 0 Å². The van der Waals surface area contributed by atoms with Crippen LogP contribution in [0.1, 0.15) is 31.1 Å². The molecule has 5 heteroatoms. The van der Waals surface area contributed by atoms with Gasteiger partial charge in [-0.25, -0.2) is 0 Å². The molecule has 2 aromatic carbocycles. The largest absolute Gasteiger partial charge is 0.388 e. The highest BCUT2D eigenvalue weighted by Crippen LogP contribution is 2.25. The maximum Gasteiger partial charge on any atom is 0.339 e. The summed E-state index contributed by atoms with van der Waals surface area (Å²) in [4.78, 5) is 0.115. The fourth-order valence-corrected chi connectivity index (χ4v) is 2.92. The molecule has 1 atom stereocenters. The van der Waals surface area contributed by atoms with Crippen LogP contribution in [0.5, 0.6) is 5.75 Å². The molecule has 1 unspecified atom stereocenters. The topological polar surface area (TPSA) is 63.6 Å². The summed E-state index contributed by atoms with van der Waals surface area (Å²) >= 11 is 0. The average Bonchev–Trinajstić information content (AvgIpc) is 2.47. The molecule has 0 fully saturated rings. The van der Waals surface area contributed by atoms with Crippen molar-refractivity contribution in [1.29, 1.82) is 0 Å². The highest BCUT2D eigenvalue weighted by Gasteiger charge is 2.17. The second-order valence-corrected chi connectivity index (χ2v) is 7.15.